The monoisotopic (exact) mass is 762 g/mol. The van der Waals surface area contributed by atoms with Gasteiger partial charge < -0.3 is 0 Å². The summed E-state index contributed by atoms with van der Waals surface area (Å²) in [5, 5.41) is 4.97. The van der Waals surface area contributed by atoms with E-state index >= 15 is 0 Å². The molecule has 0 atom stereocenters. The fourth-order valence-corrected chi connectivity index (χ4v) is 8.53. The first kappa shape index (κ1) is 36.5. The Bertz CT molecular complexity index is 2820. The summed E-state index contributed by atoms with van der Waals surface area (Å²) < 4.78 is 0. The predicted molar refractivity (Wildman–Crippen MR) is 257 cm³/mol. The highest BCUT2D eigenvalue weighted by atomic mass is 14.2. The third kappa shape index (κ3) is 7.39. The van der Waals surface area contributed by atoms with E-state index in [1.54, 1.807) is 0 Å². The topological polar surface area (TPSA) is 0 Å². The van der Waals surface area contributed by atoms with Crippen molar-refractivity contribution in [2.75, 3.05) is 0 Å². The first-order valence-corrected chi connectivity index (χ1v) is 20.7. The van der Waals surface area contributed by atoms with Crippen LogP contribution in [0, 0.1) is 0 Å². The molecule has 0 heterocycles. The summed E-state index contributed by atoms with van der Waals surface area (Å²) >= 11 is 0. The van der Waals surface area contributed by atoms with Crippen LogP contribution < -0.4 is 0 Å². The minimum absolute atomic E-state index is 1.20. The van der Waals surface area contributed by atoms with Gasteiger partial charge in [-0.15, -0.1) is 0 Å². The molecule has 10 rings (SSSR count). The summed E-state index contributed by atoms with van der Waals surface area (Å²) in [7, 11) is 0. The van der Waals surface area contributed by atoms with Crippen LogP contribution in [-0.2, 0) is 0 Å². The van der Waals surface area contributed by atoms with Gasteiger partial charge in [-0.25, -0.2) is 0 Å². The lowest BCUT2D eigenvalue weighted by atomic mass is 9.90. The highest BCUT2D eigenvalue weighted by Gasteiger charge is 2.13. The zero-order chi connectivity index (χ0) is 40.1. The highest BCUT2D eigenvalue weighted by molar-refractivity contribution is 6.06. The average Bonchev–Trinajstić information content (AvgIpc) is 3.33. The van der Waals surface area contributed by atoms with Gasteiger partial charge in [0.05, 0.1) is 0 Å². The maximum atomic E-state index is 2.34. The predicted octanol–water partition coefficient (Wildman–Crippen LogP) is 16.2. The van der Waals surface area contributed by atoms with Gasteiger partial charge in [-0.1, -0.05) is 243 Å². The second-order valence-electron chi connectivity index (χ2n) is 15.2. The van der Waals surface area contributed by atoms with Crippen molar-refractivity contribution >= 4 is 44.8 Å². The second kappa shape index (κ2) is 16.6. The molecule has 0 nitrogen and oxygen atoms in total. The summed E-state index contributed by atoms with van der Waals surface area (Å²) in [5.41, 5.74) is 16.9. The van der Waals surface area contributed by atoms with Crippen molar-refractivity contribution in [2.24, 2.45) is 0 Å². The molecule has 0 radical (unpaired) electrons. The summed E-state index contributed by atoms with van der Waals surface area (Å²) in [6, 6.07) is 87.4. The Morgan fingerprint density at radius 2 is 0.483 bits per heavy atom. The lowest BCUT2D eigenvalue weighted by molar-refractivity contribution is 1.55. The van der Waals surface area contributed by atoms with Gasteiger partial charge in [0.25, 0.3) is 0 Å². The molecule has 0 saturated heterocycles. The Morgan fingerprint density at radius 3 is 0.800 bits per heavy atom. The molecule has 0 heteroatoms. The third-order valence-corrected chi connectivity index (χ3v) is 11.6. The molecule has 0 aromatic heterocycles. The Balaban J connectivity index is 0.951. The molecule has 0 bridgehead atoms. The number of hydrogen-bond acceptors (Lipinski definition) is 0. The van der Waals surface area contributed by atoms with E-state index in [2.05, 4.69) is 255 Å². The molecule has 0 unspecified atom stereocenters. The molecule has 0 aliphatic rings. The minimum atomic E-state index is 1.20. The molecule has 0 fully saturated rings. The third-order valence-electron chi connectivity index (χ3n) is 11.6. The molecule has 60 heavy (non-hydrogen) atoms. The van der Waals surface area contributed by atoms with E-state index in [1.807, 2.05) is 0 Å². The van der Waals surface area contributed by atoms with E-state index in [1.165, 1.54) is 99.5 Å². The standard InChI is InChI=1S/C60H42/c1-5-17-45(18-6-1)59(46-19-7-2-8-20-46)41-51-37-39-55(57-27-15-13-25-53(51)57)49-33-29-43(30-34-49)44-31-35-50(36-32-44)56-40-38-52(54-26-14-16-28-58(54)56)42-60(47-21-9-3-10-22-47)48-23-11-4-12-24-48/h1-42H. The molecular formula is C60H42. The van der Waals surface area contributed by atoms with E-state index in [0.29, 0.717) is 0 Å². The Kier molecular flexibility index (Phi) is 10.1. The summed E-state index contributed by atoms with van der Waals surface area (Å²) in [6.07, 6.45) is 4.68. The number of rotatable bonds is 9. The van der Waals surface area contributed by atoms with Crippen molar-refractivity contribution in [1.82, 2.24) is 0 Å². The minimum Gasteiger partial charge on any atom is -0.0622 e. The second-order valence-corrected chi connectivity index (χ2v) is 15.2. The van der Waals surface area contributed by atoms with Gasteiger partial charge in [-0.2, -0.15) is 0 Å². The molecular weight excluding hydrogens is 721 g/mol. The van der Waals surface area contributed by atoms with Crippen molar-refractivity contribution in [3.05, 3.63) is 276 Å². The van der Waals surface area contributed by atoms with Crippen molar-refractivity contribution in [3.63, 3.8) is 0 Å². The fraction of sp³-hybridized carbons (Fsp3) is 0. The maximum absolute atomic E-state index is 2.34. The van der Waals surface area contributed by atoms with Gasteiger partial charge in [0, 0.05) is 0 Å². The molecule has 0 aliphatic heterocycles. The van der Waals surface area contributed by atoms with Crippen LogP contribution in [0.1, 0.15) is 33.4 Å². The van der Waals surface area contributed by atoms with Crippen LogP contribution in [0.4, 0.5) is 0 Å². The first-order valence-electron chi connectivity index (χ1n) is 20.7. The maximum Gasteiger partial charge on any atom is -0.00994 e. The van der Waals surface area contributed by atoms with E-state index < -0.39 is 0 Å². The fourth-order valence-electron chi connectivity index (χ4n) is 8.53. The van der Waals surface area contributed by atoms with Crippen molar-refractivity contribution < 1.29 is 0 Å². The summed E-state index contributed by atoms with van der Waals surface area (Å²) in [4.78, 5) is 0. The lowest BCUT2D eigenvalue weighted by Gasteiger charge is -2.14. The molecule has 0 spiro atoms. The lowest BCUT2D eigenvalue weighted by Crippen LogP contribution is -1.90. The van der Waals surface area contributed by atoms with E-state index in [9.17, 15) is 0 Å². The molecule has 0 N–H and O–H groups in total. The zero-order valence-corrected chi connectivity index (χ0v) is 33.2. The van der Waals surface area contributed by atoms with Gasteiger partial charge in [0.15, 0.2) is 0 Å². The van der Waals surface area contributed by atoms with Crippen molar-refractivity contribution in [2.45, 2.75) is 0 Å². The Labute approximate surface area is 352 Å². The van der Waals surface area contributed by atoms with E-state index in [-0.39, 0.29) is 0 Å². The molecule has 10 aromatic rings. The largest absolute Gasteiger partial charge is 0.0622 e. The highest BCUT2D eigenvalue weighted by Crippen LogP contribution is 2.37. The van der Waals surface area contributed by atoms with Crippen molar-refractivity contribution in [1.29, 1.82) is 0 Å². The normalized spacial score (nSPS) is 11.0. The van der Waals surface area contributed by atoms with Crippen LogP contribution in [-0.4, -0.2) is 0 Å². The van der Waals surface area contributed by atoms with Crippen LogP contribution in [0.5, 0.6) is 0 Å². The van der Waals surface area contributed by atoms with E-state index in [4.69, 9.17) is 0 Å². The van der Waals surface area contributed by atoms with Gasteiger partial charge in [-0.3, -0.25) is 0 Å². The summed E-state index contributed by atoms with van der Waals surface area (Å²) in [5.74, 6) is 0. The molecule has 0 aliphatic carbocycles. The number of hydrogen-bond donors (Lipinski definition) is 0. The van der Waals surface area contributed by atoms with Gasteiger partial charge >= 0.3 is 0 Å². The van der Waals surface area contributed by atoms with Crippen molar-refractivity contribution in [3.8, 4) is 33.4 Å². The smallest absolute Gasteiger partial charge is 0.00994 e. The first-order chi connectivity index (χ1) is 29.8. The average molecular weight is 763 g/mol. The van der Waals surface area contributed by atoms with Gasteiger partial charge in [0.1, 0.15) is 0 Å². The van der Waals surface area contributed by atoms with Crippen LogP contribution in [0.2, 0.25) is 0 Å². The summed E-state index contributed by atoms with van der Waals surface area (Å²) in [6.45, 7) is 0. The quantitative estimate of drug-likeness (QED) is 0.129. The van der Waals surface area contributed by atoms with E-state index in [0.717, 1.165) is 0 Å². The Hall–Kier alpha value is -7.80. The number of benzene rings is 10. The number of fused-ring (bicyclic) bond motifs is 2. The molecule has 282 valence electrons. The van der Waals surface area contributed by atoms with Gasteiger partial charge in [-0.05, 0) is 112 Å². The molecule has 0 saturated carbocycles. The van der Waals surface area contributed by atoms with Crippen LogP contribution in [0.25, 0.3) is 78.2 Å². The van der Waals surface area contributed by atoms with Gasteiger partial charge in [0.2, 0.25) is 0 Å². The van der Waals surface area contributed by atoms with Crippen LogP contribution >= 0.6 is 0 Å². The molecule has 0 amide bonds. The Morgan fingerprint density at radius 1 is 0.217 bits per heavy atom. The molecule has 10 aromatic carbocycles. The van der Waals surface area contributed by atoms with Crippen LogP contribution in [0.3, 0.4) is 0 Å². The SMILES string of the molecule is C(=C(c1ccccc1)c1ccccc1)c1ccc(-c2ccc(-c3ccc(-c4ccc(C=C(c5ccccc5)c5ccccc5)c5ccccc45)cc3)cc2)c2ccccc12. The zero-order valence-electron chi connectivity index (χ0n) is 33.2. The van der Waals surface area contributed by atoms with Crippen LogP contribution in [0.15, 0.2) is 243 Å².